The molecule has 23 heavy (non-hydrogen) atoms. The Morgan fingerprint density at radius 2 is 2.26 bits per heavy atom. The lowest BCUT2D eigenvalue weighted by molar-refractivity contribution is -0.136. The Hall–Kier alpha value is -2.16. The highest BCUT2D eigenvalue weighted by Crippen LogP contribution is 2.33. The summed E-state index contributed by atoms with van der Waals surface area (Å²) in [6.07, 6.45) is 8.39. The first kappa shape index (κ1) is 15.7. The second kappa shape index (κ2) is 6.15. The van der Waals surface area contributed by atoms with Gasteiger partial charge in [-0.1, -0.05) is 0 Å². The Bertz CT molecular complexity index is 781. The van der Waals surface area contributed by atoms with E-state index in [4.69, 9.17) is 0 Å². The highest BCUT2D eigenvalue weighted by Gasteiger charge is 2.32. The summed E-state index contributed by atoms with van der Waals surface area (Å²) in [4.78, 5) is 14.5. The molecule has 0 spiro atoms. The van der Waals surface area contributed by atoms with E-state index in [2.05, 4.69) is 15.3 Å². The van der Waals surface area contributed by atoms with Crippen molar-refractivity contribution in [3.63, 3.8) is 0 Å². The summed E-state index contributed by atoms with van der Waals surface area (Å²) in [6.45, 7) is 0.749. The van der Waals surface area contributed by atoms with Crippen molar-refractivity contribution in [1.29, 1.82) is 0 Å². The molecule has 1 saturated heterocycles. The topological polar surface area (TPSA) is 101 Å². The minimum absolute atomic E-state index is 0.0764. The van der Waals surface area contributed by atoms with Crippen molar-refractivity contribution in [2.45, 2.75) is 36.7 Å². The summed E-state index contributed by atoms with van der Waals surface area (Å²) in [5, 5.41) is 10.7. The SMILES string of the molecule is CS(=O)(=O)c1cn[nH]c1[C@@H]1CCCCN1C(=O)Cn1cccn1. The molecule has 1 amide bonds. The number of piperidine rings is 1. The number of nitrogens with zero attached hydrogens (tertiary/aromatic N) is 4. The van der Waals surface area contributed by atoms with Crippen molar-refractivity contribution < 1.29 is 13.2 Å². The Morgan fingerprint density at radius 3 is 2.96 bits per heavy atom. The van der Waals surface area contributed by atoms with Crippen LogP contribution in [-0.4, -0.2) is 52.0 Å². The monoisotopic (exact) mass is 337 g/mol. The molecule has 1 aliphatic heterocycles. The third kappa shape index (κ3) is 3.29. The molecule has 1 fully saturated rings. The van der Waals surface area contributed by atoms with Gasteiger partial charge in [0.1, 0.15) is 11.4 Å². The summed E-state index contributed by atoms with van der Waals surface area (Å²) in [6, 6.07) is 1.47. The van der Waals surface area contributed by atoms with Gasteiger partial charge < -0.3 is 4.90 Å². The molecule has 1 N–H and O–H groups in total. The van der Waals surface area contributed by atoms with Gasteiger partial charge >= 0.3 is 0 Å². The quantitative estimate of drug-likeness (QED) is 0.888. The van der Waals surface area contributed by atoms with Crippen molar-refractivity contribution in [3.8, 4) is 0 Å². The number of hydrogen-bond acceptors (Lipinski definition) is 5. The number of aromatic amines is 1. The third-order valence-corrected chi connectivity index (χ3v) is 5.17. The minimum atomic E-state index is -3.39. The van der Waals surface area contributed by atoms with Crippen LogP contribution >= 0.6 is 0 Å². The lowest BCUT2D eigenvalue weighted by Crippen LogP contribution is -2.41. The number of sulfone groups is 1. The maximum Gasteiger partial charge on any atom is 0.244 e. The van der Waals surface area contributed by atoms with E-state index in [0.717, 1.165) is 25.5 Å². The number of nitrogens with one attached hydrogen (secondary N) is 1. The van der Waals surface area contributed by atoms with Crippen molar-refractivity contribution in [3.05, 3.63) is 30.4 Å². The Morgan fingerprint density at radius 1 is 1.43 bits per heavy atom. The first-order valence-corrected chi connectivity index (χ1v) is 9.36. The van der Waals surface area contributed by atoms with Gasteiger partial charge in [-0.05, 0) is 25.3 Å². The summed E-state index contributed by atoms with van der Waals surface area (Å²) >= 11 is 0. The molecule has 2 aromatic rings. The zero-order valence-electron chi connectivity index (χ0n) is 12.8. The standard InChI is InChI=1S/C14H19N5O3S/c1-23(21,22)12-9-15-17-14(12)11-5-2-3-8-19(11)13(20)10-18-7-4-6-16-18/h4,6-7,9,11H,2-3,5,8,10H2,1H3,(H,15,17)/t11-/m0/s1. The Labute approximate surface area is 134 Å². The van der Waals surface area contributed by atoms with Crippen LogP contribution in [0.15, 0.2) is 29.6 Å². The third-order valence-electron chi connectivity index (χ3n) is 4.04. The van der Waals surface area contributed by atoms with Gasteiger partial charge in [0.05, 0.1) is 17.9 Å². The number of carbonyl (C=O) groups excluding carboxylic acids is 1. The number of amides is 1. The van der Waals surface area contributed by atoms with E-state index in [-0.39, 0.29) is 23.4 Å². The molecular formula is C14H19N5O3S. The average molecular weight is 337 g/mol. The average Bonchev–Trinajstić information content (AvgIpc) is 3.17. The predicted octanol–water partition coefficient (Wildman–Crippen LogP) is 0.763. The van der Waals surface area contributed by atoms with Crippen LogP contribution in [-0.2, 0) is 21.2 Å². The van der Waals surface area contributed by atoms with Gasteiger partial charge in [0.25, 0.3) is 0 Å². The van der Waals surface area contributed by atoms with E-state index in [0.29, 0.717) is 12.2 Å². The normalized spacial score (nSPS) is 19.0. The van der Waals surface area contributed by atoms with Gasteiger partial charge in [0.15, 0.2) is 9.84 Å². The Balaban J connectivity index is 1.87. The van der Waals surface area contributed by atoms with Gasteiger partial charge in [-0.2, -0.15) is 10.2 Å². The van der Waals surface area contributed by atoms with Gasteiger partial charge in [-0.15, -0.1) is 0 Å². The second-order valence-corrected chi connectivity index (χ2v) is 7.71. The lowest BCUT2D eigenvalue weighted by atomic mass is 9.99. The van der Waals surface area contributed by atoms with E-state index >= 15 is 0 Å². The number of carbonyl (C=O) groups is 1. The van der Waals surface area contributed by atoms with Crippen LogP contribution in [0.1, 0.15) is 31.0 Å². The van der Waals surface area contributed by atoms with Gasteiger partial charge in [-0.3, -0.25) is 14.6 Å². The van der Waals surface area contributed by atoms with Crippen molar-refractivity contribution >= 4 is 15.7 Å². The van der Waals surface area contributed by atoms with Crippen LogP contribution in [0.4, 0.5) is 0 Å². The molecular weight excluding hydrogens is 318 g/mol. The summed E-state index contributed by atoms with van der Waals surface area (Å²) in [5.74, 6) is -0.0764. The number of likely N-dealkylation sites (tertiary alicyclic amines) is 1. The van der Waals surface area contributed by atoms with Crippen molar-refractivity contribution in [1.82, 2.24) is 24.9 Å². The van der Waals surface area contributed by atoms with Gasteiger partial charge in [0, 0.05) is 25.2 Å². The molecule has 0 bridgehead atoms. The fraction of sp³-hybridized carbons (Fsp3) is 0.500. The van der Waals surface area contributed by atoms with Crippen LogP contribution in [0.3, 0.4) is 0 Å². The van der Waals surface area contributed by atoms with E-state index in [9.17, 15) is 13.2 Å². The molecule has 0 saturated carbocycles. The van der Waals surface area contributed by atoms with Gasteiger partial charge in [-0.25, -0.2) is 8.42 Å². The van der Waals surface area contributed by atoms with E-state index < -0.39 is 9.84 Å². The molecule has 8 nitrogen and oxygen atoms in total. The molecule has 3 rings (SSSR count). The molecule has 2 aromatic heterocycles. The fourth-order valence-corrected chi connectivity index (χ4v) is 3.80. The van der Waals surface area contributed by atoms with E-state index in [1.54, 1.807) is 28.0 Å². The second-order valence-electron chi connectivity index (χ2n) is 5.72. The molecule has 9 heteroatoms. The molecule has 0 radical (unpaired) electrons. The number of H-pyrrole nitrogens is 1. The van der Waals surface area contributed by atoms with Crippen LogP contribution < -0.4 is 0 Å². The maximum atomic E-state index is 12.6. The molecule has 0 unspecified atom stereocenters. The first-order valence-electron chi connectivity index (χ1n) is 7.47. The molecule has 0 aliphatic carbocycles. The smallest absolute Gasteiger partial charge is 0.244 e. The number of aromatic nitrogens is 4. The van der Waals surface area contributed by atoms with E-state index in [1.165, 1.54) is 6.20 Å². The molecule has 3 heterocycles. The lowest BCUT2D eigenvalue weighted by Gasteiger charge is -2.35. The summed E-state index contributed by atoms with van der Waals surface area (Å²) < 4.78 is 25.4. The maximum absolute atomic E-state index is 12.6. The minimum Gasteiger partial charge on any atom is -0.332 e. The van der Waals surface area contributed by atoms with Gasteiger partial charge in [0.2, 0.25) is 5.91 Å². The molecule has 1 atom stereocenters. The predicted molar refractivity (Wildman–Crippen MR) is 82.2 cm³/mol. The zero-order valence-corrected chi connectivity index (χ0v) is 13.7. The fourth-order valence-electron chi connectivity index (χ4n) is 2.97. The van der Waals surface area contributed by atoms with Crippen molar-refractivity contribution in [2.24, 2.45) is 0 Å². The zero-order chi connectivity index (χ0) is 16.4. The number of rotatable bonds is 4. The van der Waals surface area contributed by atoms with E-state index in [1.807, 2.05) is 0 Å². The summed E-state index contributed by atoms with van der Waals surface area (Å²) in [5.41, 5.74) is 0.501. The highest BCUT2D eigenvalue weighted by molar-refractivity contribution is 7.90. The number of hydrogen-bond donors (Lipinski definition) is 1. The first-order chi connectivity index (χ1) is 11.0. The van der Waals surface area contributed by atoms with Crippen LogP contribution in [0.2, 0.25) is 0 Å². The molecule has 1 aliphatic rings. The van der Waals surface area contributed by atoms with Crippen molar-refractivity contribution in [2.75, 3.05) is 12.8 Å². The van der Waals surface area contributed by atoms with Crippen LogP contribution in [0, 0.1) is 0 Å². The molecule has 124 valence electrons. The van der Waals surface area contributed by atoms with Crippen LogP contribution in [0.5, 0.6) is 0 Å². The summed E-state index contributed by atoms with van der Waals surface area (Å²) in [7, 11) is -3.39. The largest absolute Gasteiger partial charge is 0.332 e. The Kier molecular flexibility index (Phi) is 4.20. The highest BCUT2D eigenvalue weighted by atomic mass is 32.2. The van der Waals surface area contributed by atoms with Crippen LogP contribution in [0.25, 0.3) is 0 Å². The molecule has 0 aromatic carbocycles.